The van der Waals surface area contributed by atoms with Gasteiger partial charge in [-0.15, -0.1) is 0 Å². The number of halogens is 3. The van der Waals surface area contributed by atoms with Crippen LogP contribution in [0.1, 0.15) is 37.1 Å². The van der Waals surface area contributed by atoms with Crippen molar-refractivity contribution in [3.8, 4) is 0 Å². The van der Waals surface area contributed by atoms with Crippen molar-refractivity contribution in [1.29, 1.82) is 0 Å². The van der Waals surface area contributed by atoms with E-state index in [0.717, 1.165) is 31.6 Å². The van der Waals surface area contributed by atoms with Gasteiger partial charge in [-0.25, -0.2) is 4.79 Å². The minimum Gasteiger partial charge on any atom is -0.336 e. The lowest BCUT2D eigenvalue weighted by molar-refractivity contribution is -0.141. The van der Waals surface area contributed by atoms with Crippen LogP contribution < -0.4 is 10.6 Å². The van der Waals surface area contributed by atoms with Gasteiger partial charge in [0, 0.05) is 38.4 Å². The van der Waals surface area contributed by atoms with Crippen molar-refractivity contribution in [2.45, 2.75) is 38.0 Å². The van der Waals surface area contributed by atoms with E-state index >= 15 is 0 Å². The molecule has 154 valence electrons. The molecule has 1 aromatic heterocycles. The van der Waals surface area contributed by atoms with Crippen molar-refractivity contribution in [3.05, 3.63) is 29.6 Å². The zero-order valence-corrected chi connectivity index (χ0v) is 15.6. The van der Waals surface area contributed by atoms with Gasteiger partial charge in [0.1, 0.15) is 5.69 Å². The number of hydrogen-bond acceptors (Lipinski definition) is 4. The van der Waals surface area contributed by atoms with E-state index in [1.165, 1.54) is 6.07 Å². The summed E-state index contributed by atoms with van der Waals surface area (Å²) in [6, 6.07) is 1.45. The van der Waals surface area contributed by atoms with Crippen molar-refractivity contribution in [1.82, 2.24) is 25.4 Å². The third-order valence-corrected chi connectivity index (χ3v) is 5.17. The van der Waals surface area contributed by atoms with Crippen LogP contribution in [0.4, 0.5) is 18.0 Å². The number of aromatic nitrogens is 1. The van der Waals surface area contributed by atoms with Crippen LogP contribution in [-0.4, -0.2) is 65.5 Å². The molecule has 3 rings (SSSR count). The van der Waals surface area contributed by atoms with Crippen LogP contribution in [0.2, 0.25) is 0 Å². The Bertz CT molecular complexity index is 710. The molecule has 0 bridgehead atoms. The van der Waals surface area contributed by atoms with E-state index in [-0.39, 0.29) is 18.0 Å². The van der Waals surface area contributed by atoms with Gasteiger partial charge in [-0.05, 0) is 31.4 Å². The standard InChI is InChI=1S/C18H24F3N5O2/c1-12(13-4-5-15(23-9-13)18(19,20)21)24-17(28)25-7-2-3-14(11-25)26-8-6-22-10-16(26)27/h4-5,9,12,14,22H,2-3,6-8,10-11H2,1H3,(H,24,28)/t12-,14?/m1/s1. The van der Waals surface area contributed by atoms with E-state index in [1.807, 2.05) is 4.90 Å². The first-order chi connectivity index (χ1) is 13.3. The average Bonchev–Trinajstić information content (AvgIpc) is 2.68. The molecular weight excluding hydrogens is 375 g/mol. The fourth-order valence-corrected chi connectivity index (χ4v) is 3.59. The van der Waals surface area contributed by atoms with Gasteiger partial charge in [-0.3, -0.25) is 9.78 Å². The van der Waals surface area contributed by atoms with Crippen LogP contribution >= 0.6 is 0 Å². The molecule has 0 aliphatic carbocycles. The highest BCUT2D eigenvalue weighted by atomic mass is 19.4. The summed E-state index contributed by atoms with van der Waals surface area (Å²) in [7, 11) is 0. The van der Waals surface area contributed by atoms with E-state index in [9.17, 15) is 22.8 Å². The highest BCUT2D eigenvalue weighted by Gasteiger charge is 2.33. The van der Waals surface area contributed by atoms with E-state index < -0.39 is 17.9 Å². The van der Waals surface area contributed by atoms with Crippen molar-refractivity contribution < 1.29 is 22.8 Å². The number of carbonyl (C=O) groups is 2. The predicted octanol–water partition coefficient (Wildman–Crippen LogP) is 1.77. The monoisotopic (exact) mass is 399 g/mol. The molecule has 10 heteroatoms. The minimum absolute atomic E-state index is 0.00265. The third-order valence-electron chi connectivity index (χ3n) is 5.17. The third kappa shape index (κ3) is 4.73. The summed E-state index contributed by atoms with van der Waals surface area (Å²) in [5.74, 6) is 0.0442. The Morgan fingerprint density at radius 2 is 2.14 bits per heavy atom. The van der Waals surface area contributed by atoms with Crippen LogP contribution in [0.5, 0.6) is 0 Å². The van der Waals surface area contributed by atoms with Gasteiger partial charge in [0.15, 0.2) is 0 Å². The molecule has 0 spiro atoms. The normalized spacial score (nSPS) is 22.1. The maximum absolute atomic E-state index is 12.6. The van der Waals surface area contributed by atoms with Gasteiger partial charge in [0.2, 0.25) is 5.91 Å². The molecule has 2 N–H and O–H groups in total. The summed E-state index contributed by atoms with van der Waals surface area (Å²) >= 11 is 0. The van der Waals surface area contributed by atoms with E-state index in [0.29, 0.717) is 31.7 Å². The van der Waals surface area contributed by atoms with Gasteiger partial charge in [0.05, 0.1) is 12.6 Å². The maximum atomic E-state index is 12.6. The van der Waals surface area contributed by atoms with Crippen molar-refractivity contribution in [2.75, 3.05) is 32.7 Å². The fraction of sp³-hybridized carbons (Fsp3) is 0.611. The largest absolute Gasteiger partial charge is 0.433 e. The Kier molecular flexibility index (Phi) is 6.07. The zero-order chi connectivity index (χ0) is 20.3. The van der Waals surface area contributed by atoms with Crippen molar-refractivity contribution in [2.24, 2.45) is 0 Å². The average molecular weight is 399 g/mol. The topological polar surface area (TPSA) is 77.6 Å². The number of hydrogen-bond donors (Lipinski definition) is 2. The Morgan fingerprint density at radius 1 is 1.36 bits per heavy atom. The van der Waals surface area contributed by atoms with E-state index in [2.05, 4.69) is 15.6 Å². The van der Waals surface area contributed by atoms with Crippen molar-refractivity contribution in [3.63, 3.8) is 0 Å². The number of likely N-dealkylation sites (tertiary alicyclic amines) is 1. The number of alkyl halides is 3. The quantitative estimate of drug-likeness (QED) is 0.812. The van der Waals surface area contributed by atoms with E-state index in [4.69, 9.17) is 0 Å². The molecule has 2 fully saturated rings. The van der Waals surface area contributed by atoms with Gasteiger partial charge in [0.25, 0.3) is 0 Å². The molecular formula is C18H24F3N5O2. The number of piperazine rings is 1. The number of nitrogens with zero attached hydrogens (tertiary/aromatic N) is 3. The van der Waals surface area contributed by atoms with Gasteiger partial charge < -0.3 is 20.4 Å². The number of urea groups is 1. The molecule has 28 heavy (non-hydrogen) atoms. The number of rotatable bonds is 3. The molecule has 1 aromatic rings. The van der Waals surface area contributed by atoms with Crippen LogP contribution in [-0.2, 0) is 11.0 Å². The number of pyridine rings is 1. The number of amides is 3. The van der Waals surface area contributed by atoms with Gasteiger partial charge in [-0.2, -0.15) is 13.2 Å². The van der Waals surface area contributed by atoms with Crippen LogP contribution in [0.15, 0.2) is 18.3 Å². The number of nitrogens with one attached hydrogen (secondary N) is 2. The van der Waals surface area contributed by atoms with Gasteiger partial charge >= 0.3 is 12.2 Å². The molecule has 2 atom stereocenters. The van der Waals surface area contributed by atoms with Crippen LogP contribution in [0, 0.1) is 0 Å². The second-order valence-electron chi connectivity index (χ2n) is 7.15. The Labute approximate surface area is 161 Å². The van der Waals surface area contributed by atoms with Gasteiger partial charge in [-0.1, -0.05) is 6.07 Å². The lowest BCUT2D eigenvalue weighted by atomic mass is 10.0. The molecule has 0 radical (unpaired) electrons. The second-order valence-corrected chi connectivity index (χ2v) is 7.15. The summed E-state index contributed by atoms with van der Waals surface area (Å²) in [6.07, 6.45) is -1.71. The first-order valence-corrected chi connectivity index (χ1v) is 9.34. The number of piperidine rings is 1. The summed E-state index contributed by atoms with van der Waals surface area (Å²) in [5.41, 5.74) is -0.471. The van der Waals surface area contributed by atoms with E-state index in [1.54, 1.807) is 11.8 Å². The molecule has 3 heterocycles. The Hall–Kier alpha value is -2.36. The van der Waals surface area contributed by atoms with Crippen molar-refractivity contribution >= 4 is 11.9 Å². The molecule has 3 amide bonds. The predicted molar refractivity (Wildman–Crippen MR) is 95.4 cm³/mol. The van der Waals surface area contributed by atoms with Crippen LogP contribution in [0.3, 0.4) is 0 Å². The highest BCUT2D eigenvalue weighted by molar-refractivity contribution is 5.79. The molecule has 1 unspecified atom stereocenters. The molecule has 2 aliphatic heterocycles. The Morgan fingerprint density at radius 3 is 2.79 bits per heavy atom. The molecule has 0 saturated carbocycles. The Balaban J connectivity index is 1.58. The zero-order valence-electron chi connectivity index (χ0n) is 15.6. The molecule has 2 saturated heterocycles. The maximum Gasteiger partial charge on any atom is 0.433 e. The summed E-state index contributed by atoms with van der Waals surface area (Å²) < 4.78 is 37.9. The van der Waals surface area contributed by atoms with Crippen LogP contribution in [0.25, 0.3) is 0 Å². The fourth-order valence-electron chi connectivity index (χ4n) is 3.59. The molecule has 7 nitrogen and oxygen atoms in total. The first kappa shape index (κ1) is 20.4. The molecule has 0 aromatic carbocycles. The SMILES string of the molecule is C[C@@H](NC(=O)N1CCCC(N2CCNCC2=O)C1)c1ccc(C(F)(F)F)nc1. The second kappa shape index (κ2) is 8.34. The lowest BCUT2D eigenvalue weighted by Gasteiger charge is -2.41. The number of carbonyl (C=O) groups excluding carboxylic acids is 2. The summed E-state index contributed by atoms with van der Waals surface area (Å²) in [4.78, 5) is 31.6. The lowest BCUT2D eigenvalue weighted by Crippen LogP contribution is -2.58. The smallest absolute Gasteiger partial charge is 0.336 e. The summed E-state index contributed by atoms with van der Waals surface area (Å²) in [5, 5.41) is 5.84. The highest BCUT2D eigenvalue weighted by Crippen LogP contribution is 2.28. The minimum atomic E-state index is -4.49. The summed E-state index contributed by atoms with van der Waals surface area (Å²) in [6.45, 7) is 4.43. The first-order valence-electron chi connectivity index (χ1n) is 9.34. The molecule has 2 aliphatic rings.